The van der Waals surface area contributed by atoms with E-state index >= 15 is 0 Å². The third-order valence-corrected chi connectivity index (χ3v) is 4.02. The normalized spacial score (nSPS) is 15.7. The number of nitrogens with one attached hydrogen (secondary N) is 1. The van der Waals surface area contributed by atoms with Gasteiger partial charge in [-0.2, -0.15) is 0 Å². The molecule has 0 spiro atoms. The Morgan fingerprint density at radius 3 is 2.95 bits per heavy atom. The molecule has 1 amide bonds. The predicted molar refractivity (Wildman–Crippen MR) is 77.3 cm³/mol. The van der Waals surface area contributed by atoms with Crippen LogP contribution in [-0.2, 0) is 22.7 Å². The van der Waals surface area contributed by atoms with Crippen molar-refractivity contribution in [3.63, 3.8) is 0 Å². The maximum atomic E-state index is 11.9. The highest BCUT2D eigenvalue weighted by molar-refractivity contribution is 5.76. The average Bonchev–Trinajstić information content (AvgIpc) is 3.03. The number of methoxy groups -OCH3 is 1. The van der Waals surface area contributed by atoms with Crippen LogP contribution in [0.1, 0.15) is 43.6 Å². The molecule has 1 heterocycles. The molecule has 0 radical (unpaired) electrons. The minimum absolute atomic E-state index is 0.183. The summed E-state index contributed by atoms with van der Waals surface area (Å²) < 4.78 is 7.22. The van der Waals surface area contributed by atoms with Crippen molar-refractivity contribution >= 4 is 5.91 Å². The zero-order valence-corrected chi connectivity index (χ0v) is 12.5. The lowest BCUT2D eigenvalue weighted by atomic mass is 10.0. The van der Waals surface area contributed by atoms with Gasteiger partial charge in [-0.05, 0) is 25.7 Å². The van der Waals surface area contributed by atoms with Crippen LogP contribution in [0.5, 0.6) is 0 Å². The van der Waals surface area contributed by atoms with E-state index < -0.39 is 0 Å². The molecule has 1 aliphatic rings. The van der Waals surface area contributed by atoms with Gasteiger partial charge in [-0.3, -0.25) is 4.79 Å². The van der Waals surface area contributed by atoms with Crippen LogP contribution < -0.4 is 5.32 Å². The Morgan fingerprint density at radius 2 is 2.25 bits per heavy atom. The van der Waals surface area contributed by atoms with E-state index in [4.69, 9.17) is 4.74 Å². The second-order valence-corrected chi connectivity index (χ2v) is 5.61. The monoisotopic (exact) mass is 279 g/mol. The molecular weight excluding hydrogens is 254 g/mol. The highest BCUT2D eigenvalue weighted by atomic mass is 16.5. The number of rotatable bonds is 7. The number of carbonyl (C=O) groups excluding carboxylic acids is 1. The first-order chi connectivity index (χ1) is 9.70. The third kappa shape index (κ3) is 4.07. The molecular formula is C15H25N3O2. The molecule has 1 N–H and O–H groups in total. The largest absolute Gasteiger partial charge is 0.377 e. The van der Waals surface area contributed by atoms with E-state index in [1.807, 2.05) is 13.1 Å². The Balaban J connectivity index is 1.74. The van der Waals surface area contributed by atoms with Crippen molar-refractivity contribution in [3.8, 4) is 0 Å². The van der Waals surface area contributed by atoms with Gasteiger partial charge in [0.25, 0.3) is 0 Å². The highest BCUT2D eigenvalue weighted by Gasteiger charge is 2.18. The Labute approximate surface area is 120 Å². The topological polar surface area (TPSA) is 56.1 Å². The number of hydrogen-bond acceptors (Lipinski definition) is 3. The first-order valence-electron chi connectivity index (χ1n) is 7.47. The van der Waals surface area contributed by atoms with Crippen molar-refractivity contribution in [2.75, 3.05) is 13.7 Å². The minimum atomic E-state index is 0.183. The maximum Gasteiger partial charge on any atom is 0.220 e. The summed E-state index contributed by atoms with van der Waals surface area (Å²) in [5.41, 5.74) is 1.10. The molecule has 1 fully saturated rings. The Morgan fingerprint density at radius 1 is 1.50 bits per heavy atom. The molecule has 0 bridgehead atoms. The van der Waals surface area contributed by atoms with Gasteiger partial charge in [-0.25, -0.2) is 4.98 Å². The number of imidazole rings is 1. The number of carbonyl (C=O) groups is 1. The van der Waals surface area contributed by atoms with E-state index in [9.17, 15) is 4.79 Å². The van der Waals surface area contributed by atoms with Crippen LogP contribution >= 0.6 is 0 Å². The Kier molecular flexibility index (Phi) is 5.59. The van der Waals surface area contributed by atoms with Crippen LogP contribution in [-0.4, -0.2) is 29.1 Å². The lowest BCUT2D eigenvalue weighted by molar-refractivity contribution is -0.122. The summed E-state index contributed by atoms with van der Waals surface area (Å²) in [4.78, 5) is 16.2. The number of aryl methyl sites for hydroxylation is 1. The summed E-state index contributed by atoms with van der Waals surface area (Å²) in [6.45, 7) is 3.93. The van der Waals surface area contributed by atoms with Crippen LogP contribution in [0, 0.1) is 12.8 Å². The Hall–Kier alpha value is -1.36. The summed E-state index contributed by atoms with van der Waals surface area (Å²) in [7, 11) is 1.66. The smallest absolute Gasteiger partial charge is 0.220 e. The minimum Gasteiger partial charge on any atom is -0.377 e. The lowest BCUT2D eigenvalue weighted by Crippen LogP contribution is -2.29. The van der Waals surface area contributed by atoms with E-state index in [1.54, 1.807) is 7.11 Å². The summed E-state index contributed by atoms with van der Waals surface area (Å²) in [6.07, 6.45) is 7.53. The van der Waals surface area contributed by atoms with E-state index in [2.05, 4.69) is 14.9 Å². The zero-order valence-electron chi connectivity index (χ0n) is 12.5. The van der Waals surface area contributed by atoms with Gasteiger partial charge in [0.2, 0.25) is 5.91 Å². The van der Waals surface area contributed by atoms with Crippen molar-refractivity contribution in [2.24, 2.45) is 5.92 Å². The average molecular weight is 279 g/mol. The van der Waals surface area contributed by atoms with E-state index in [0.29, 0.717) is 25.5 Å². The summed E-state index contributed by atoms with van der Waals surface area (Å²) in [6, 6.07) is 0. The molecule has 1 saturated carbocycles. The summed E-state index contributed by atoms with van der Waals surface area (Å²) in [5.74, 6) is 1.70. The molecule has 0 aromatic carbocycles. The van der Waals surface area contributed by atoms with E-state index in [-0.39, 0.29) is 5.91 Å². The van der Waals surface area contributed by atoms with Gasteiger partial charge in [0.1, 0.15) is 12.4 Å². The van der Waals surface area contributed by atoms with Gasteiger partial charge in [-0.1, -0.05) is 12.8 Å². The van der Waals surface area contributed by atoms with Gasteiger partial charge in [0.05, 0.1) is 0 Å². The van der Waals surface area contributed by atoms with Crippen molar-refractivity contribution in [1.29, 1.82) is 0 Å². The standard InChI is InChI=1S/C15H25N3O2/c1-12-10-17-14(11-20-2)18(12)8-7-16-15(19)9-13-5-3-4-6-13/h10,13H,3-9,11H2,1-2H3,(H,16,19). The van der Waals surface area contributed by atoms with Crippen molar-refractivity contribution in [1.82, 2.24) is 14.9 Å². The van der Waals surface area contributed by atoms with E-state index in [0.717, 1.165) is 18.1 Å². The third-order valence-electron chi connectivity index (χ3n) is 4.02. The quantitative estimate of drug-likeness (QED) is 0.831. The van der Waals surface area contributed by atoms with Gasteiger partial charge in [0, 0.05) is 38.5 Å². The fourth-order valence-electron chi connectivity index (χ4n) is 2.92. The molecule has 0 atom stereocenters. The molecule has 0 saturated heterocycles. The zero-order chi connectivity index (χ0) is 14.4. The van der Waals surface area contributed by atoms with Crippen LogP contribution in [0.2, 0.25) is 0 Å². The fourth-order valence-corrected chi connectivity index (χ4v) is 2.92. The molecule has 1 aromatic heterocycles. The second kappa shape index (κ2) is 7.43. The number of hydrogen-bond donors (Lipinski definition) is 1. The van der Waals surface area contributed by atoms with Gasteiger partial charge in [0.15, 0.2) is 0 Å². The van der Waals surface area contributed by atoms with Crippen LogP contribution in [0.25, 0.3) is 0 Å². The number of aromatic nitrogens is 2. The van der Waals surface area contributed by atoms with Gasteiger partial charge >= 0.3 is 0 Å². The SMILES string of the molecule is COCc1ncc(C)n1CCNC(=O)CC1CCCC1. The highest BCUT2D eigenvalue weighted by Crippen LogP contribution is 2.27. The molecule has 1 aromatic rings. The van der Waals surface area contributed by atoms with Crippen molar-refractivity contribution in [2.45, 2.75) is 52.2 Å². The molecule has 20 heavy (non-hydrogen) atoms. The molecule has 0 aliphatic heterocycles. The van der Waals surface area contributed by atoms with Crippen LogP contribution in [0.3, 0.4) is 0 Å². The van der Waals surface area contributed by atoms with Gasteiger partial charge < -0.3 is 14.6 Å². The first kappa shape index (κ1) is 15.0. The number of amides is 1. The molecule has 5 nitrogen and oxygen atoms in total. The summed E-state index contributed by atoms with van der Waals surface area (Å²) >= 11 is 0. The number of ether oxygens (including phenoxy) is 1. The van der Waals surface area contributed by atoms with Crippen LogP contribution in [0.15, 0.2) is 6.20 Å². The fraction of sp³-hybridized carbons (Fsp3) is 0.733. The Bertz CT molecular complexity index is 436. The lowest BCUT2D eigenvalue weighted by Gasteiger charge is -2.12. The molecule has 5 heteroatoms. The first-order valence-corrected chi connectivity index (χ1v) is 7.47. The maximum absolute atomic E-state index is 11.9. The van der Waals surface area contributed by atoms with Gasteiger partial charge in [-0.15, -0.1) is 0 Å². The molecule has 112 valence electrons. The molecule has 2 rings (SSSR count). The number of nitrogens with zero attached hydrogens (tertiary/aromatic N) is 2. The molecule has 1 aliphatic carbocycles. The van der Waals surface area contributed by atoms with Crippen LogP contribution in [0.4, 0.5) is 0 Å². The van der Waals surface area contributed by atoms with E-state index in [1.165, 1.54) is 25.7 Å². The summed E-state index contributed by atoms with van der Waals surface area (Å²) in [5, 5.41) is 3.02. The predicted octanol–water partition coefficient (Wildman–Crippen LogP) is 2.03. The van der Waals surface area contributed by atoms with Crippen molar-refractivity contribution in [3.05, 3.63) is 17.7 Å². The second-order valence-electron chi connectivity index (χ2n) is 5.61. The molecule has 0 unspecified atom stereocenters. The van der Waals surface area contributed by atoms with Crippen molar-refractivity contribution < 1.29 is 9.53 Å².